The van der Waals surface area contributed by atoms with Gasteiger partial charge in [-0.25, -0.2) is 19.0 Å². The molecule has 4 aromatic rings. The van der Waals surface area contributed by atoms with E-state index in [0.29, 0.717) is 30.1 Å². The monoisotopic (exact) mass is 526 g/mol. The van der Waals surface area contributed by atoms with Crippen molar-refractivity contribution in [2.24, 2.45) is 0 Å². The highest BCUT2D eigenvalue weighted by atomic mass is 35.5. The fourth-order valence-electron chi connectivity index (χ4n) is 4.20. The van der Waals surface area contributed by atoms with Gasteiger partial charge in [-0.15, -0.1) is 10.2 Å². The van der Waals surface area contributed by atoms with E-state index in [2.05, 4.69) is 30.1 Å². The van der Waals surface area contributed by atoms with Gasteiger partial charge in [0.1, 0.15) is 17.2 Å². The number of halogens is 1. The summed E-state index contributed by atoms with van der Waals surface area (Å²) < 4.78 is 2.90. The maximum absolute atomic E-state index is 12.8. The highest BCUT2D eigenvalue weighted by molar-refractivity contribution is 7.15. The van der Waals surface area contributed by atoms with Crippen molar-refractivity contribution in [3.63, 3.8) is 0 Å². The number of benzene rings is 1. The lowest BCUT2D eigenvalue weighted by molar-refractivity contribution is 0.162. The molecule has 0 saturated carbocycles. The van der Waals surface area contributed by atoms with Crippen LogP contribution in [0.3, 0.4) is 0 Å². The van der Waals surface area contributed by atoms with Gasteiger partial charge in [0.25, 0.3) is 0 Å². The number of aliphatic hydroxyl groups is 1. The van der Waals surface area contributed by atoms with E-state index in [4.69, 9.17) is 11.6 Å². The molecular weight excluding hydrogens is 500 g/mol. The first-order valence-corrected chi connectivity index (χ1v) is 13.0. The second-order valence-corrected chi connectivity index (χ2v) is 10.3. The fourth-order valence-corrected chi connectivity index (χ4v) is 5.07. The van der Waals surface area contributed by atoms with E-state index >= 15 is 0 Å². The van der Waals surface area contributed by atoms with Crippen molar-refractivity contribution in [3.8, 4) is 5.69 Å². The summed E-state index contributed by atoms with van der Waals surface area (Å²) in [5, 5.41) is 25.5. The van der Waals surface area contributed by atoms with Crippen LogP contribution in [-0.2, 0) is 6.54 Å². The standard InChI is InChI=1S/C24H27ClN8O2S/c1-17-28-29-23(36-17)31-13-11-30(12-14-31)22-9-8-20(15-26-22)32-16-27-33(24(32)35)10-2-3-21(34)18-4-6-19(25)7-5-18/h4-9,15-16,21,34H,2-3,10-14H2,1H3. The van der Waals surface area contributed by atoms with E-state index in [9.17, 15) is 9.90 Å². The Morgan fingerprint density at radius 2 is 1.81 bits per heavy atom. The Balaban J connectivity index is 1.16. The van der Waals surface area contributed by atoms with Crippen molar-refractivity contribution in [2.45, 2.75) is 32.4 Å². The molecular formula is C24H27ClN8O2S. The number of hydrogen-bond donors (Lipinski definition) is 1. The molecule has 0 bridgehead atoms. The maximum Gasteiger partial charge on any atom is 0.350 e. The van der Waals surface area contributed by atoms with Gasteiger partial charge in [-0.05, 0) is 49.6 Å². The molecule has 0 amide bonds. The molecule has 1 atom stereocenters. The number of rotatable bonds is 8. The Kier molecular flexibility index (Phi) is 7.30. The van der Waals surface area contributed by atoms with Gasteiger partial charge in [0.05, 0.1) is 18.0 Å². The Morgan fingerprint density at radius 1 is 1.06 bits per heavy atom. The van der Waals surface area contributed by atoms with Crippen LogP contribution in [0.1, 0.15) is 29.5 Å². The molecule has 1 unspecified atom stereocenters. The predicted octanol–water partition coefficient (Wildman–Crippen LogP) is 3.08. The summed E-state index contributed by atoms with van der Waals surface area (Å²) in [6, 6.07) is 11.0. The first-order valence-electron chi connectivity index (χ1n) is 11.8. The average molecular weight is 527 g/mol. The zero-order valence-corrected chi connectivity index (χ0v) is 21.4. The minimum atomic E-state index is -0.610. The first-order chi connectivity index (χ1) is 17.5. The molecule has 1 aromatic carbocycles. The minimum Gasteiger partial charge on any atom is -0.388 e. The minimum absolute atomic E-state index is 0.230. The van der Waals surface area contributed by atoms with Crippen molar-refractivity contribution < 1.29 is 5.11 Å². The molecule has 1 aliphatic rings. The van der Waals surface area contributed by atoms with Gasteiger partial charge in [0, 0.05) is 37.7 Å². The molecule has 0 spiro atoms. The lowest BCUT2D eigenvalue weighted by atomic mass is 10.1. The number of aromatic nitrogens is 6. The number of aryl methyl sites for hydroxylation is 2. The van der Waals surface area contributed by atoms with Gasteiger partial charge >= 0.3 is 5.69 Å². The summed E-state index contributed by atoms with van der Waals surface area (Å²) in [4.78, 5) is 21.9. The van der Waals surface area contributed by atoms with Crippen LogP contribution in [0.5, 0.6) is 0 Å². The van der Waals surface area contributed by atoms with Crippen molar-refractivity contribution in [1.82, 2.24) is 29.5 Å². The molecule has 3 aromatic heterocycles. The quantitative estimate of drug-likeness (QED) is 0.373. The number of hydrogen-bond acceptors (Lipinski definition) is 9. The Hall–Kier alpha value is -3.28. The molecule has 1 aliphatic heterocycles. The van der Waals surface area contributed by atoms with Crippen molar-refractivity contribution in [1.29, 1.82) is 0 Å². The highest BCUT2D eigenvalue weighted by Gasteiger charge is 2.21. The Labute approximate surface area is 217 Å². The third kappa shape index (κ3) is 5.43. The summed E-state index contributed by atoms with van der Waals surface area (Å²) in [6.07, 6.45) is 3.73. The molecule has 1 N–H and O–H groups in total. The van der Waals surface area contributed by atoms with Gasteiger partial charge in [-0.2, -0.15) is 5.10 Å². The van der Waals surface area contributed by atoms with Crippen LogP contribution in [0.2, 0.25) is 5.02 Å². The second kappa shape index (κ2) is 10.8. The van der Waals surface area contributed by atoms with Crippen LogP contribution in [-0.4, -0.2) is 60.8 Å². The molecule has 10 nitrogen and oxygen atoms in total. The van der Waals surface area contributed by atoms with Gasteiger partial charge in [-0.1, -0.05) is 35.1 Å². The summed E-state index contributed by atoms with van der Waals surface area (Å²) in [6.45, 7) is 5.77. The van der Waals surface area contributed by atoms with E-state index in [-0.39, 0.29) is 5.69 Å². The summed E-state index contributed by atoms with van der Waals surface area (Å²) in [7, 11) is 0. The molecule has 4 heterocycles. The van der Waals surface area contributed by atoms with Crippen LogP contribution < -0.4 is 15.5 Å². The maximum atomic E-state index is 12.8. The molecule has 1 fully saturated rings. The van der Waals surface area contributed by atoms with Gasteiger partial charge in [-0.3, -0.25) is 0 Å². The van der Waals surface area contributed by atoms with Crippen LogP contribution >= 0.6 is 22.9 Å². The molecule has 188 valence electrons. The molecule has 0 radical (unpaired) electrons. The molecule has 36 heavy (non-hydrogen) atoms. The lowest BCUT2D eigenvalue weighted by Crippen LogP contribution is -2.46. The number of aliphatic hydroxyl groups excluding tert-OH is 1. The van der Waals surface area contributed by atoms with E-state index < -0.39 is 6.10 Å². The lowest BCUT2D eigenvalue weighted by Gasteiger charge is -2.35. The Bertz CT molecular complexity index is 1340. The number of anilines is 2. The van der Waals surface area contributed by atoms with Crippen LogP contribution in [0.25, 0.3) is 5.69 Å². The molecule has 1 saturated heterocycles. The normalized spacial score (nSPS) is 14.9. The molecule has 5 rings (SSSR count). The zero-order chi connectivity index (χ0) is 25.1. The van der Waals surface area contributed by atoms with Crippen molar-refractivity contribution in [2.75, 3.05) is 36.0 Å². The van der Waals surface area contributed by atoms with Gasteiger partial charge in [0.2, 0.25) is 5.13 Å². The first kappa shape index (κ1) is 24.4. The van der Waals surface area contributed by atoms with Crippen LogP contribution in [0.15, 0.2) is 53.7 Å². The van der Waals surface area contributed by atoms with Crippen LogP contribution in [0, 0.1) is 6.92 Å². The average Bonchev–Trinajstić information content (AvgIpc) is 3.50. The third-order valence-corrected chi connectivity index (χ3v) is 7.39. The number of piperazine rings is 1. The summed E-state index contributed by atoms with van der Waals surface area (Å²) in [5.74, 6) is 0.878. The van der Waals surface area contributed by atoms with Crippen molar-refractivity contribution >= 4 is 33.9 Å². The SMILES string of the molecule is Cc1nnc(N2CCN(c3ccc(-n4cnn(CCCC(O)c5ccc(Cl)cc5)c4=O)cn3)CC2)s1. The molecule has 0 aliphatic carbocycles. The third-order valence-electron chi connectivity index (χ3n) is 6.24. The van der Waals surface area contributed by atoms with Crippen LogP contribution in [0.4, 0.5) is 10.9 Å². The summed E-state index contributed by atoms with van der Waals surface area (Å²) >= 11 is 7.52. The van der Waals surface area contributed by atoms with Gasteiger partial charge < -0.3 is 14.9 Å². The smallest absolute Gasteiger partial charge is 0.350 e. The van der Waals surface area contributed by atoms with Gasteiger partial charge in [0.15, 0.2) is 0 Å². The fraction of sp³-hybridized carbons (Fsp3) is 0.375. The Morgan fingerprint density at radius 3 is 2.47 bits per heavy atom. The van der Waals surface area contributed by atoms with Crippen molar-refractivity contribution in [3.05, 3.63) is 75.0 Å². The largest absolute Gasteiger partial charge is 0.388 e. The zero-order valence-electron chi connectivity index (χ0n) is 19.9. The topological polar surface area (TPSA) is 105 Å². The number of nitrogens with zero attached hydrogens (tertiary/aromatic N) is 8. The van der Waals surface area contributed by atoms with E-state index in [1.165, 1.54) is 15.6 Å². The highest BCUT2D eigenvalue weighted by Crippen LogP contribution is 2.23. The van der Waals surface area contributed by atoms with E-state index in [0.717, 1.165) is 47.7 Å². The van der Waals surface area contributed by atoms with E-state index in [1.807, 2.05) is 31.2 Å². The van der Waals surface area contributed by atoms with E-state index in [1.54, 1.807) is 29.7 Å². The predicted molar refractivity (Wildman–Crippen MR) is 140 cm³/mol. The summed E-state index contributed by atoms with van der Waals surface area (Å²) in [5.41, 5.74) is 1.24. The second-order valence-electron chi connectivity index (χ2n) is 8.67. The molecule has 12 heteroatoms. The number of pyridine rings is 1.